The average molecular weight is 377 g/mol. The van der Waals surface area contributed by atoms with Crippen molar-refractivity contribution in [1.82, 2.24) is 10.2 Å². The number of anilines is 1. The fraction of sp³-hybridized carbons (Fsp3) is 0.364. The highest BCUT2D eigenvalue weighted by Gasteiger charge is 2.31. The highest BCUT2D eigenvalue weighted by Crippen LogP contribution is 2.16. The highest BCUT2D eigenvalue weighted by molar-refractivity contribution is 6.32. The van der Waals surface area contributed by atoms with E-state index in [4.69, 9.17) is 0 Å². The van der Waals surface area contributed by atoms with Crippen LogP contribution in [0.15, 0.2) is 54.6 Å². The van der Waals surface area contributed by atoms with E-state index in [1.165, 1.54) is 11.2 Å². The fourth-order valence-corrected chi connectivity index (χ4v) is 3.46. The van der Waals surface area contributed by atoms with Gasteiger partial charge in [-0.05, 0) is 30.2 Å². The Bertz CT molecular complexity index is 800. The molecule has 1 unspecified atom stereocenters. The SMILES string of the molecule is Bc1ccc(N2CCN(C(=O)C(NC(=O)c3ccccc3)C(C)C)CC2)cc1. The summed E-state index contributed by atoms with van der Waals surface area (Å²) in [6, 6.07) is 17.0. The van der Waals surface area contributed by atoms with Gasteiger partial charge in [0, 0.05) is 37.4 Å². The van der Waals surface area contributed by atoms with Gasteiger partial charge in [0.05, 0.1) is 0 Å². The molecule has 0 aromatic heterocycles. The molecule has 1 N–H and O–H groups in total. The number of nitrogens with zero attached hydrogens (tertiary/aromatic N) is 2. The Balaban J connectivity index is 1.61. The van der Waals surface area contributed by atoms with Crippen molar-refractivity contribution in [2.24, 2.45) is 5.92 Å². The van der Waals surface area contributed by atoms with Crippen LogP contribution in [0.4, 0.5) is 5.69 Å². The Kier molecular flexibility index (Phi) is 6.39. The molecule has 2 aromatic rings. The van der Waals surface area contributed by atoms with Crippen molar-refractivity contribution in [3.05, 3.63) is 60.2 Å². The normalized spacial score (nSPS) is 15.4. The zero-order chi connectivity index (χ0) is 20.1. The summed E-state index contributed by atoms with van der Waals surface area (Å²) in [4.78, 5) is 29.8. The van der Waals surface area contributed by atoms with E-state index in [0.29, 0.717) is 18.7 Å². The van der Waals surface area contributed by atoms with Crippen molar-refractivity contribution < 1.29 is 9.59 Å². The van der Waals surface area contributed by atoms with Gasteiger partial charge in [-0.3, -0.25) is 9.59 Å². The molecule has 0 saturated carbocycles. The first-order valence-electron chi connectivity index (χ1n) is 9.92. The Morgan fingerprint density at radius 3 is 2.11 bits per heavy atom. The standard InChI is InChI=1S/C22H28BN3O2/c1-16(2)20(24-21(27)17-6-4-3-5-7-17)22(28)26-14-12-25(13-15-26)19-10-8-18(23)9-11-19/h3-11,16,20H,12-15,23H2,1-2H3,(H,24,27). The third kappa shape index (κ3) is 4.74. The second-order valence-electron chi connectivity index (χ2n) is 7.71. The Labute approximate surface area is 168 Å². The van der Waals surface area contributed by atoms with Crippen LogP contribution in [0.2, 0.25) is 0 Å². The molecule has 1 atom stereocenters. The van der Waals surface area contributed by atoms with E-state index in [0.717, 1.165) is 13.1 Å². The predicted molar refractivity (Wildman–Crippen MR) is 116 cm³/mol. The maximum atomic E-state index is 13.1. The first kappa shape index (κ1) is 20.0. The summed E-state index contributed by atoms with van der Waals surface area (Å²) in [6.07, 6.45) is 0. The lowest BCUT2D eigenvalue weighted by Gasteiger charge is -2.38. The van der Waals surface area contributed by atoms with Crippen molar-refractivity contribution in [3.63, 3.8) is 0 Å². The van der Waals surface area contributed by atoms with E-state index >= 15 is 0 Å². The first-order valence-corrected chi connectivity index (χ1v) is 9.92. The maximum Gasteiger partial charge on any atom is 0.251 e. The molecule has 1 fully saturated rings. The number of nitrogens with one attached hydrogen (secondary N) is 1. The molecule has 1 aliphatic heterocycles. The largest absolute Gasteiger partial charge is 0.368 e. The summed E-state index contributed by atoms with van der Waals surface area (Å²) in [7, 11) is 2.08. The van der Waals surface area contributed by atoms with E-state index < -0.39 is 6.04 Å². The van der Waals surface area contributed by atoms with Crippen LogP contribution >= 0.6 is 0 Å². The van der Waals surface area contributed by atoms with Crippen LogP contribution in [0.3, 0.4) is 0 Å². The Morgan fingerprint density at radius 2 is 1.54 bits per heavy atom. The average Bonchev–Trinajstić information content (AvgIpc) is 2.72. The minimum Gasteiger partial charge on any atom is -0.368 e. The zero-order valence-corrected chi connectivity index (χ0v) is 16.9. The number of carbonyl (C=O) groups excluding carboxylic acids is 2. The van der Waals surface area contributed by atoms with Crippen LogP contribution in [0.25, 0.3) is 0 Å². The van der Waals surface area contributed by atoms with Crippen molar-refractivity contribution in [1.29, 1.82) is 0 Å². The number of carbonyl (C=O) groups is 2. The van der Waals surface area contributed by atoms with Gasteiger partial charge in [-0.15, -0.1) is 0 Å². The van der Waals surface area contributed by atoms with E-state index in [-0.39, 0.29) is 17.7 Å². The second kappa shape index (κ2) is 8.96. The molecule has 2 amide bonds. The quantitative estimate of drug-likeness (QED) is 0.793. The van der Waals surface area contributed by atoms with Crippen molar-refractivity contribution >= 4 is 30.8 Å². The molecule has 0 radical (unpaired) electrons. The Morgan fingerprint density at radius 1 is 0.929 bits per heavy atom. The van der Waals surface area contributed by atoms with Crippen LogP contribution < -0.4 is 15.7 Å². The molecule has 3 rings (SSSR count). The third-order valence-corrected chi connectivity index (χ3v) is 5.25. The summed E-state index contributed by atoms with van der Waals surface area (Å²) in [6.45, 7) is 6.86. The number of hydrogen-bond donors (Lipinski definition) is 1. The van der Waals surface area contributed by atoms with Gasteiger partial charge in [-0.2, -0.15) is 0 Å². The highest BCUT2D eigenvalue weighted by atomic mass is 16.2. The molecule has 2 aromatic carbocycles. The lowest BCUT2D eigenvalue weighted by atomic mass is 9.96. The van der Waals surface area contributed by atoms with E-state index in [1.807, 2.05) is 36.9 Å². The topological polar surface area (TPSA) is 52.6 Å². The maximum absolute atomic E-state index is 13.1. The van der Waals surface area contributed by atoms with Gasteiger partial charge >= 0.3 is 0 Å². The first-order chi connectivity index (χ1) is 13.5. The molecule has 5 nitrogen and oxygen atoms in total. The summed E-state index contributed by atoms with van der Waals surface area (Å²) in [5.41, 5.74) is 3.01. The monoisotopic (exact) mass is 377 g/mol. The van der Waals surface area contributed by atoms with Crippen molar-refractivity contribution in [3.8, 4) is 0 Å². The number of amides is 2. The van der Waals surface area contributed by atoms with Gasteiger partial charge in [0.25, 0.3) is 5.91 Å². The van der Waals surface area contributed by atoms with Gasteiger partial charge < -0.3 is 15.1 Å². The molecular weight excluding hydrogens is 349 g/mol. The molecule has 1 heterocycles. The minimum absolute atomic E-state index is 0.00263. The second-order valence-corrected chi connectivity index (χ2v) is 7.71. The zero-order valence-electron chi connectivity index (χ0n) is 16.9. The third-order valence-electron chi connectivity index (χ3n) is 5.25. The van der Waals surface area contributed by atoms with Crippen molar-refractivity contribution in [2.75, 3.05) is 31.1 Å². The van der Waals surface area contributed by atoms with E-state index in [1.54, 1.807) is 12.1 Å². The minimum atomic E-state index is -0.515. The van der Waals surface area contributed by atoms with Crippen LogP contribution in [0.1, 0.15) is 24.2 Å². The number of benzene rings is 2. The summed E-state index contributed by atoms with van der Waals surface area (Å²) >= 11 is 0. The van der Waals surface area contributed by atoms with E-state index in [9.17, 15) is 9.59 Å². The molecule has 0 aliphatic carbocycles. The van der Waals surface area contributed by atoms with Crippen LogP contribution in [-0.2, 0) is 4.79 Å². The van der Waals surface area contributed by atoms with E-state index in [2.05, 4.69) is 42.3 Å². The van der Waals surface area contributed by atoms with Crippen LogP contribution in [0.5, 0.6) is 0 Å². The molecule has 6 heteroatoms. The Hall–Kier alpha value is -2.76. The molecule has 1 aliphatic rings. The smallest absolute Gasteiger partial charge is 0.251 e. The predicted octanol–water partition coefficient (Wildman–Crippen LogP) is 1.05. The lowest BCUT2D eigenvalue weighted by molar-refractivity contribution is -0.134. The van der Waals surface area contributed by atoms with Crippen LogP contribution in [0, 0.1) is 5.92 Å². The van der Waals surface area contributed by atoms with Crippen molar-refractivity contribution in [2.45, 2.75) is 19.9 Å². The summed E-state index contributed by atoms with van der Waals surface area (Å²) < 4.78 is 0. The summed E-state index contributed by atoms with van der Waals surface area (Å²) in [5, 5.41) is 2.94. The number of rotatable bonds is 5. The van der Waals surface area contributed by atoms with Gasteiger partial charge in [0.1, 0.15) is 13.9 Å². The number of hydrogen-bond acceptors (Lipinski definition) is 3. The molecule has 1 saturated heterocycles. The molecule has 0 spiro atoms. The van der Waals surface area contributed by atoms with Gasteiger partial charge in [0.15, 0.2) is 0 Å². The fourth-order valence-electron chi connectivity index (χ4n) is 3.46. The van der Waals surface area contributed by atoms with Gasteiger partial charge in [-0.1, -0.05) is 49.6 Å². The molecule has 0 bridgehead atoms. The number of piperazine rings is 1. The molecular formula is C22H28BN3O2. The van der Waals surface area contributed by atoms with Crippen LogP contribution in [-0.4, -0.2) is 56.8 Å². The molecule has 146 valence electrons. The lowest BCUT2D eigenvalue weighted by Crippen LogP contribution is -2.56. The summed E-state index contributed by atoms with van der Waals surface area (Å²) in [5.74, 6) is -0.177. The van der Waals surface area contributed by atoms with Gasteiger partial charge in [-0.25, -0.2) is 0 Å². The van der Waals surface area contributed by atoms with Gasteiger partial charge in [0.2, 0.25) is 5.91 Å². The molecule has 28 heavy (non-hydrogen) atoms.